The van der Waals surface area contributed by atoms with Crippen molar-refractivity contribution in [3.05, 3.63) is 66.2 Å². The lowest BCUT2D eigenvalue weighted by Gasteiger charge is -2.37. The van der Waals surface area contributed by atoms with Crippen molar-refractivity contribution in [2.45, 2.75) is 18.3 Å². The maximum Gasteiger partial charge on any atom is 0.412 e. The zero-order valence-electron chi connectivity index (χ0n) is 13.0. The molecule has 120 valence electrons. The first-order valence-electron chi connectivity index (χ1n) is 7.93. The molecule has 2 aromatic rings. The molecule has 2 aromatic carbocycles. The Morgan fingerprint density at radius 2 is 1.61 bits per heavy atom. The average molecular weight is 311 g/mol. The highest BCUT2D eigenvalue weighted by atomic mass is 16.6. The number of rotatable bonds is 4. The number of hydrogen-bond donors (Lipinski definition) is 1. The second kappa shape index (κ2) is 7.29. The number of nitrogens with one attached hydrogen (secondary N) is 1. The van der Waals surface area contributed by atoms with E-state index in [9.17, 15) is 4.79 Å². The van der Waals surface area contributed by atoms with E-state index in [0.717, 1.165) is 12.8 Å². The summed E-state index contributed by atoms with van der Waals surface area (Å²) in [4.78, 5) is 12.1. The third-order valence-electron chi connectivity index (χ3n) is 4.36. The summed E-state index contributed by atoms with van der Waals surface area (Å²) in [6, 6.07) is 19.4. The lowest BCUT2D eigenvalue weighted by molar-refractivity contribution is 0.0500. The SMILES string of the molecule is O=C(NCC1(c2ccccc2)CCOCC1)Oc1ccccc1. The molecular weight excluding hydrogens is 290 g/mol. The van der Waals surface area contributed by atoms with Crippen LogP contribution in [0.3, 0.4) is 0 Å². The summed E-state index contributed by atoms with van der Waals surface area (Å²) in [6.07, 6.45) is 1.36. The third kappa shape index (κ3) is 3.90. The van der Waals surface area contributed by atoms with E-state index in [4.69, 9.17) is 9.47 Å². The van der Waals surface area contributed by atoms with Gasteiger partial charge in [-0.05, 0) is 30.5 Å². The molecule has 0 unspecified atom stereocenters. The molecule has 23 heavy (non-hydrogen) atoms. The number of benzene rings is 2. The van der Waals surface area contributed by atoms with Gasteiger partial charge in [-0.1, -0.05) is 48.5 Å². The van der Waals surface area contributed by atoms with Gasteiger partial charge in [-0.2, -0.15) is 0 Å². The van der Waals surface area contributed by atoms with Gasteiger partial charge in [0.2, 0.25) is 0 Å². The first kappa shape index (κ1) is 15.6. The first-order valence-corrected chi connectivity index (χ1v) is 7.93. The number of amides is 1. The van der Waals surface area contributed by atoms with Gasteiger partial charge in [0.15, 0.2) is 0 Å². The summed E-state index contributed by atoms with van der Waals surface area (Å²) in [6.45, 7) is 1.97. The quantitative estimate of drug-likeness (QED) is 0.939. The maximum absolute atomic E-state index is 12.1. The van der Waals surface area contributed by atoms with Gasteiger partial charge in [0.25, 0.3) is 0 Å². The van der Waals surface area contributed by atoms with E-state index in [1.165, 1.54) is 5.56 Å². The van der Waals surface area contributed by atoms with E-state index >= 15 is 0 Å². The molecule has 3 rings (SSSR count). The summed E-state index contributed by atoms with van der Waals surface area (Å²) in [5, 5.41) is 2.92. The van der Waals surface area contributed by atoms with Gasteiger partial charge in [-0.3, -0.25) is 0 Å². The molecule has 0 bridgehead atoms. The molecule has 0 aromatic heterocycles. The molecule has 0 saturated carbocycles. The lowest BCUT2D eigenvalue weighted by atomic mass is 9.74. The van der Waals surface area contributed by atoms with E-state index in [1.807, 2.05) is 36.4 Å². The molecule has 0 radical (unpaired) electrons. The molecule has 1 aliphatic rings. The van der Waals surface area contributed by atoms with Crippen LogP contribution in [0.5, 0.6) is 5.75 Å². The Hall–Kier alpha value is -2.33. The van der Waals surface area contributed by atoms with Crippen molar-refractivity contribution in [3.8, 4) is 5.75 Å². The highest BCUT2D eigenvalue weighted by molar-refractivity contribution is 5.70. The molecule has 4 nitrogen and oxygen atoms in total. The molecular formula is C19H21NO3. The molecule has 4 heteroatoms. The summed E-state index contributed by atoms with van der Waals surface area (Å²) in [7, 11) is 0. The summed E-state index contributed by atoms with van der Waals surface area (Å²) in [5.74, 6) is 0.547. The normalized spacial score (nSPS) is 16.5. The van der Waals surface area contributed by atoms with E-state index in [2.05, 4.69) is 17.4 Å². The van der Waals surface area contributed by atoms with Crippen LogP contribution >= 0.6 is 0 Å². The van der Waals surface area contributed by atoms with Crippen LogP contribution in [0.2, 0.25) is 0 Å². The molecule has 1 heterocycles. The first-order chi connectivity index (χ1) is 11.3. The van der Waals surface area contributed by atoms with E-state index in [1.54, 1.807) is 12.1 Å². The monoisotopic (exact) mass is 311 g/mol. The Labute approximate surface area is 136 Å². The average Bonchev–Trinajstić information content (AvgIpc) is 2.62. The number of hydrogen-bond acceptors (Lipinski definition) is 3. The Morgan fingerprint density at radius 1 is 1.00 bits per heavy atom. The molecule has 1 aliphatic heterocycles. The number of para-hydroxylation sites is 1. The third-order valence-corrected chi connectivity index (χ3v) is 4.36. The molecule has 0 aliphatic carbocycles. The minimum absolute atomic E-state index is 0.0881. The fourth-order valence-corrected chi connectivity index (χ4v) is 2.99. The fourth-order valence-electron chi connectivity index (χ4n) is 2.99. The van der Waals surface area contributed by atoms with Crippen LogP contribution in [0.15, 0.2) is 60.7 Å². The smallest absolute Gasteiger partial charge is 0.410 e. The number of ether oxygens (including phenoxy) is 2. The van der Waals surface area contributed by atoms with Crippen molar-refractivity contribution in [3.63, 3.8) is 0 Å². The van der Waals surface area contributed by atoms with Gasteiger partial charge >= 0.3 is 6.09 Å². The van der Waals surface area contributed by atoms with Gasteiger partial charge < -0.3 is 14.8 Å². The van der Waals surface area contributed by atoms with Crippen molar-refractivity contribution < 1.29 is 14.3 Å². The summed E-state index contributed by atoms with van der Waals surface area (Å²) >= 11 is 0. The van der Waals surface area contributed by atoms with Crippen molar-refractivity contribution >= 4 is 6.09 Å². The fraction of sp³-hybridized carbons (Fsp3) is 0.316. The minimum atomic E-state index is -0.419. The van der Waals surface area contributed by atoms with Crippen LogP contribution in [0, 0.1) is 0 Å². The zero-order chi connectivity index (χ0) is 16.0. The van der Waals surface area contributed by atoms with Crippen molar-refractivity contribution in [1.29, 1.82) is 0 Å². The van der Waals surface area contributed by atoms with E-state index in [-0.39, 0.29) is 5.41 Å². The predicted octanol–water partition coefficient (Wildman–Crippen LogP) is 3.52. The van der Waals surface area contributed by atoms with E-state index in [0.29, 0.717) is 25.5 Å². The van der Waals surface area contributed by atoms with Crippen LogP contribution in [0.25, 0.3) is 0 Å². The second-order valence-electron chi connectivity index (χ2n) is 5.81. The van der Waals surface area contributed by atoms with Gasteiger partial charge in [0, 0.05) is 25.2 Å². The molecule has 1 amide bonds. The van der Waals surface area contributed by atoms with Crippen LogP contribution in [-0.2, 0) is 10.2 Å². The molecule has 1 N–H and O–H groups in total. The van der Waals surface area contributed by atoms with Gasteiger partial charge in [-0.15, -0.1) is 0 Å². The minimum Gasteiger partial charge on any atom is -0.410 e. The molecule has 1 fully saturated rings. The maximum atomic E-state index is 12.1. The van der Waals surface area contributed by atoms with E-state index < -0.39 is 6.09 Å². The van der Waals surface area contributed by atoms with Crippen LogP contribution in [0.4, 0.5) is 4.79 Å². The number of carbonyl (C=O) groups excluding carboxylic acids is 1. The highest BCUT2D eigenvalue weighted by Crippen LogP contribution is 2.34. The second-order valence-corrected chi connectivity index (χ2v) is 5.81. The van der Waals surface area contributed by atoms with Crippen LogP contribution in [0.1, 0.15) is 18.4 Å². The standard InChI is InChI=1S/C19H21NO3/c21-18(23-17-9-5-2-6-10-17)20-15-19(11-13-22-14-12-19)16-7-3-1-4-8-16/h1-10H,11-15H2,(H,20,21). The Morgan fingerprint density at radius 3 is 2.26 bits per heavy atom. The Bertz CT molecular complexity index is 622. The van der Waals surface area contributed by atoms with Gasteiger partial charge in [-0.25, -0.2) is 4.79 Å². The van der Waals surface area contributed by atoms with Crippen molar-refractivity contribution in [2.75, 3.05) is 19.8 Å². The predicted molar refractivity (Wildman–Crippen MR) is 88.6 cm³/mol. The molecule has 0 spiro atoms. The van der Waals surface area contributed by atoms with Crippen molar-refractivity contribution in [1.82, 2.24) is 5.32 Å². The molecule has 0 atom stereocenters. The topological polar surface area (TPSA) is 47.6 Å². The molecule has 1 saturated heterocycles. The van der Waals surface area contributed by atoms with Gasteiger partial charge in [0.1, 0.15) is 5.75 Å². The zero-order valence-corrected chi connectivity index (χ0v) is 13.0. The largest absolute Gasteiger partial charge is 0.412 e. The Balaban J connectivity index is 1.66. The highest BCUT2D eigenvalue weighted by Gasteiger charge is 2.34. The number of carbonyl (C=O) groups is 1. The summed E-state index contributed by atoms with van der Waals surface area (Å²) < 4.78 is 10.8. The van der Waals surface area contributed by atoms with Crippen molar-refractivity contribution in [2.24, 2.45) is 0 Å². The lowest BCUT2D eigenvalue weighted by Crippen LogP contribution is -2.45. The van der Waals surface area contributed by atoms with Gasteiger partial charge in [0.05, 0.1) is 0 Å². The van der Waals surface area contributed by atoms with Crippen LogP contribution < -0.4 is 10.1 Å². The summed E-state index contributed by atoms with van der Waals surface area (Å²) in [5.41, 5.74) is 1.15. The Kier molecular flexibility index (Phi) is 4.93. The van der Waals surface area contributed by atoms with Crippen LogP contribution in [-0.4, -0.2) is 25.9 Å².